The zero-order valence-electron chi connectivity index (χ0n) is 14.7. The van der Waals surface area contributed by atoms with Gasteiger partial charge in [0.25, 0.3) is 17.7 Å². The van der Waals surface area contributed by atoms with Crippen molar-refractivity contribution in [1.82, 2.24) is 15.5 Å². The van der Waals surface area contributed by atoms with Crippen molar-refractivity contribution in [2.75, 3.05) is 13.1 Å². The van der Waals surface area contributed by atoms with E-state index in [1.807, 2.05) is 0 Å². The molecule has 4 amide bonds. The van der Waals surface area contributed by atoms with Crippen LogP contribution in [0.25, 0.3) is 0 Å². The normalized spacial score (nSPS) is 12.8. The van der Waals surface area contributed by atoms with Gasteiger partial charge in [0.05, 0.1) is 17.2 Å². The minimum atomic E-state index is -0.394. The van der Waals surface area contributed by atoms with Gasteiger partial charge >= 0.3 is 0 Å². The maximum absolute atomic E-state index is 12.4. The first-order chi connectivity index (χ1) is 12.4. The molecule has 1 aromatic rings. The number of nitrogens with one attached hydrogen (secondary N) is 2. The van der Waals surface area contributed by atoms with Crippen LogP contribution in [0.2, 0.25) is 0 Å². The largest absolute Gasteiger partial charge is 0.355 e. The molecule has 1 aliphatic heterocycles. The molecule has 1 aromatic carbocycles. The Labute approximate surface area is 151 Å². The molecule has 8 nitrogen and oxygen atoms in total. The fourth-order valence-electron chi connectivity index (χ4n) is 2.62. The number of carbonyl (C=O) groups is 4. The Bertz CT molecular complexity index is 795. The maximum Gasteiger partial charge on any atom is 0.261 e. The number of amides is 4. The van der Waals surface area contributed by atoms with E-state index in [0.29, 0.717) is 30.6 Å². The van der Waals surface area contributed by atoms with E-state index in [4.69, 9.17) is 5.26 Å². The summed E-state index contributed by atoms with van der Waals surface area (Å²) in [5.74, 6) is -1.45. The Balaban J connectivity index is 1.92. The van der Waals surface area contributed by atoms with Crippen LogP contribution in [0.4, 0.5) is 0 Å². The lowest BCUT2D eigenvalue weighted by molar-refractivity contribution is -0.120. The minimum absolute atomic E-state index is 0.193. The Morgan fingerprint density at radius 2 is 1.77 bits per heavy atom. The average Bonchev–Trinajstić information content (AvgIpc) is 2.85. The molecule has 0 unspecified atom stereocenters. The van der Waals surface area contributed by atoms with Crippen LogP contribution in [0, 0.1) is 11.3 Å². The number of rotatable bonds is 7. The van der Waals surface area contributed by atoms with E-state index in [2.05, 4.69) is 10.6 Å². The summed E-state index contributed by atoms with van der Waals surface area (Å²) in [5.41, 5.74) is 0.838. The molecule has 0 saturated carbocycles. The van der Waals surface area contributed by atoms with E-state index in [9.17, 15) is 19.2 Å². The van der Waals surface area contributed by atoms with Crippen molar-refractivity contribution in [1.29, 1.82) is 5.26 Å². The zero-order chi connectivity index (χ0) is 19.3. The van der Waals surface area contributed by atoms with Crippen molar-refractivity contribution >= 4 is 23.6 Å². The van der Waals surface area contributed by atoms with Gasteiger partial charge in [0.2, 0.25) is 5.91 Å². The minimum Gasteiger partial charge on any atom is -0.355 e. The molecule has 0 saturated heterocycles. The van der Waals surface area contributed by atoms with E-state index in [1.165, 1.54) is 23.1 Å². The lowest BCUT2D eigenvalue weighted by Gasteiger charge is -2.17. The van der Waals surface area contributed by atoms with Crippen LogP contribution in [0.3, 0.4) is 0 Å². The number of fused-ring (bicyclic) bond motifs is 1. The number of hydrogen-bond acceptors (Lipinski definition) is 5. The van der Waals surface area contributed by atoms with Crippen molar-refractivity contribution in [3.05, 3.63) is 34.9 Å². The summed E-state index contributed by atoms with van der Waals surface area (Å²) in [6.07, 6.45) is 0.314. The van der Waals surface area contributed by atoms with Crippen molar-refractivity contribution in [3.63, 3.8) is 0 Å². The molecule has 0 atom stereocenters. The van der Waals surface area contributed by atoms with Crippen molar-refractivity contribution in [2.24, 2.45) is 0 Å². The molecule has 0 spiro atoms. The summed E-state index contributed by atoms with van der Waals surface area (Å²) in [4.78, 5) is 49.1. The molecule has 26 heavy (non-hydrogen) atoms. The van der Waals surface area contributed by atoms with Crippen LogP contribution in [0.1, 0.15) is 57.8 Å². The van der Waals surface area contributed by atoms with E-state index in [-0.39, 0.29) is 35.7 Å². The highest BCUT2D eigenvalue weighted by Gasteiger charge is 2.37. The van der Waals surface area contributed by atoms with Crippen LogP contribution < -0.4 is 10.6 Å². The van der Waals surface area contributed by atoms with Gasteiger partial charge in [-0.2, -0.15) is 5.26 Å². The summed E-state index contributed by atoms with van der Waals surface area (Å²) in [7, 11) is 0. The molecule has 0 aliphatic carbocycles. The monoisotopic (exact) mass is 356 g/mol. The Hall–Kier alpha value is -3.21. The number of nitriles is 1. The highest BCUT2D eigenvalue weighted by atomic mass is 16.2. The van der Waals surface area contributed by atoms with E-state index in [0.717, 1.165) is 0 Å². The molecule has 8 heteroatoms. The molecule has 0 aromatic heterocycles. The van der Waals surface area contributed by atoms with Crippen LogP contribution in [-0.2, 0) is 4.79 Å². The highest BCUT2D eigenvalue weighted by molar-refractivity contribution is 6.22. The SMILES string of the molecule is CC(C)N1C(=O)c2ccc(C(=O)NCCCNC(=O)CC#N)cc2C1=O. The third kappa shape index (κ3) is 4.06. The van der Waals surface area contributed by atoms with Crippen LogP contribution >= 0.6 is 0 Å². The van der Waals surface area contributed by atoms with Crippen molar-refractivity contribution in [3.8, 4) is 6.07 Å². The summed E-state index contributed by atoms with van der Waals surface area (Å²) in [6, 6.07) is 5.93. The summed E-state index contributed by atoms with van der Waals surface area (Å²) < 4.78 is 0. The van der Waals surface area contributed by atoms with Crippen LogP contribution in [0.15, 0.2) is 18.2 Å². The Kier molecular flexibility index (Phi) is 6.07. The number of benzene rings is 1. The maximum atomic E-state index is 12.4. The van der Waals surface area contributed by atoms with E-state index in [1.54, 1.807) is 19.9 Å². The standard InChI is InChI=1S/C18H20N4O4/c1-11(2)22-17(25)13-5-4-12(10-14(13)18(22)26)16(24)21-9-3-8-20-15(23)6-7-19/h4-5,10-11H,3,6,8-9H2,1-2H3,(H,20,23)(H,21,24). The van der Waals surface area contributed by atoms with Crippen molar-refractivity contribution < 1.29 is 19.2 Å². The Morgan fingerprint density at radius 1 is 1.12 bits per heavy atom. The first-order valence-electron chi connectivity index (χ1n) is 8.30. The van der Waals surface area contributed by atoms with Crippen molar-refractivity contribution in [2.45, 2.75) is 32.7 Å². The molecule has 1 aliphatic rings. The summed E-state index contributed by atoms with van der Waals surface area (Å²) in [5, 5.41) is 13.6. The van der Waals surface area contributed by atoms with Crippen LogP contribution in [0.5, 0.6) is 0 Å². The van der Waals surface area contributed by atoms with E-state index < -0.39 is 5.91 Å². The molecule has 0 bridgehead atoms. The molecule has 2 rings (SSSR count). The van der Waals surface area contributed by atoms with Gasteiger partial charge in [0.15, 0.2) is 0 Å². The summed E-state index contributed by atoms with van der Waals surface area (Å²) in [6.45, 7) is 4.18. The van der Waals surface area contributed by atoms with Gasteiger partial charge in [-0.3, -0.25) is 24.1 Å². The predicted molar refractivity (Wildman–Crippen MR) is 92.3 cm³/mol. The smallest absolute Gasteiger partial charge is 0.261 e. The predicted octanol–water partition coefficient (Wildman–Crippen LogP) is 0.841. The van der Waals surface area contributed by atoms with Crippen LogP contribution in [-0.4, -0.2) is 47.7 Å². The number of carbonyl (C=O) groups excluding carboxylic acids is 4. The topological polar surface area (TPSA) is 119 Å². The first kappa shape index (κ1) is 19.1. The second-order valence-electron chi connectivity index (χ2n) is 6.13. The van der Waals surface area contributed by atoms with Gasteiger partial charge in [-0.1, -0.05) is 0 Å². The quantitative estimate of drug-likeness (QED) is 0.554. The molecular formula is C18H20N4O4. The van der Waals surface area contributed by atoms with Gasteiger partial charge in [-0.25, -0.2) is 0 Å². The van der Waals surface area contributed by atoms with Gasteiger partial charge in [0.1, 0.15) is 6.42 Å². The number of nitrogens with zero attached hydrogens (tertiary/aromatic N) is 2. The average molecular weight is 356 g/mol. The Morgan fingerprint density at radius 3 is 2.42 bits per heavy atom. The fraction of sp³-hybridized carbons (Fsp3) is 0.389. The highest BCUT2D eigenvalue weighted by Crippen LogP contribution is 2.25. The molecule has 0 radical (unpaired) electrons. The second-order valence-corrected chi connectivity index (χ2v) is 6.13. The third-order valence-corrected chi connectivity index (χ3v) is 3.90. The lowest BCUT2D eigenvalue weighted by atomic mass is 10.1. The second kappa shape index (κ2) is 8.25. The first-order valence-corrected chi connectivity index (χ1v) is 8.30. The van der Waals surface area contributed by atoms with E-state index >= 15 is 0 Å². The van der Waals surface area contributed by atoms with Gasteiger partial charge < -0.3 is 10.6 Å². The lowest BCUT2D eigenvalue weighted by Crippen LogP contribution is -2.35. The molecule has 136 valence electrons. The number of hydrogen-bond donors (Lipinski definition) is 2. The zero-order valence-corrected chi connectivity index (χ0v) is 14.7. The molecular weight excluding hydrogens is 336 g/mol. The number of imide groups is 1. The molecule has 1 heterocycles. The van der Waals surface area contributed by atoms with Gasteiger partial charge in [0, 0.05) is 24.7 Å². The van der Waals surface area contributed by atoms with Gasteiger partial charge in [-0.05, 0) is 38.5 Å². The third-order valence-electron chi connectivity index (χ3n) is 3.90. The summed E-state index contributed by atoms with van der Waals surface area (Å²) >= 11 is 0. The fourth-order valence-corrected chi connectivity index (χ4v) is 2.62. The molecule has 0 fully saturated rings. The molecule has 2 N–H and O–H groups in total. The van der Waals surface area contributed by atoms with Gasteiger partial charge in [-0.15, -0.1) is 0 Å².